The van der Waals surface area contributed by atoms with Gasteiger partial charge in [-0.1, -0.05) is 0 Å². The molecule has 1 unspecified atom stereocenters. The van der Waals surface area contributed by atoms with E-state index in [1.807, 2.05) is 18.7 Å². The first-order valence-corrected chi connectivity index (χ1v) is 5.04. The van der Waals surface area contributed by atoms with E-state index in [2.05, 4.69) is 24.1 Å². The van der Waals surface area contributed by atoms with Gasteiger partial charge in [-0.2, -0.15) is 0 Å². The third kappa shape index (κ3) is 2.76. The smallest absolute Gasteiger partial charge is 0.0626 e. The zero-order valence-electron chi connectivity index (χ0n) is 7.24. The Balaban J connectivity index is 2.26. The lowest BCUT2D eigenvalue weighted by Crippen LogP contribution is -2.33. The minimum absolute atomic E-state index is 0.309. The molecule has 1 nitrogen and oxygen atoms in total. The molecule has 0 saturated carbocycles. The van der Waals surface area contributed by atoms with E-state index < -0.39 is 0 Å². The summed E-state index contributed by atoms with van der Waals surface area (Å²) >= 11 is 2.02. The summed E-state index contributed by atoms with van der Waals surface area (Å²) in [5, 5.41) is 3.49. The predicted octanol–water partition coefficient (Wildman–Crippen LogP) is 1.84. The van der Waals surface area contributed by atoms with E-state index >= 15 is 0 Å². The van der Waals surface area contributed by atoms with Crippen LogP contribution in [0, 0.1) is 11.8 Å². The molecule has 0 aromatic heterocycles. The lowest BCUT2D eigenvalue weighted by atomic mass is 10.2. The maximum atomic E-state index is 3.49. The highest BCUT2D eigenvalue weighted by atomic mass is 32.2. The van der Waals surface area contributed by atoms with Crippen molar-refractivity contribution in [2.45, 2.75) is 31.6 Å². The van der Waals surface area contributed by atoms with Gasteiger partial charge in [0.2, 0.25) is 0 Å². The van der Waals surface area contributed by atoms with Crippen LogP contribution in [0.15, 0.2) is 0 Å². The van der Waals surface area contributed by atoms with E-state index in [-0.39, 0.29) is 0 Å². The van der Waals surface area contributed by atoms with Gasteiger partial charge in [-0.3, -0.25) is 0 Å². The second-order valence-corrected chi connectivity index (χ2v) is 4.53. The highest BCUT2D eigenvalue weighted by Crippen LogP contribution is 2.30. The van der Waals surface area contributed by atoms with Crippen LogP contribution in [0.3, 0.4) is 0 Å². The Hall–Kier alpha value is -0.130. The molecule has 1 atom stereocenters. The zero-order valence-corrected chi connectivity index (χ0v) is 8.05. The summed E-state index contributed by atoms with van der Waals surface area (Å²) < 4.78 is 0. The van der Waals surface area contributed by atoms with Gasteiger partial charge in [-0.25, -0.2) is 0 Å². The standard InChI is InChI=1S/C9H15NS/c1-3-4-5-6-9(2)10-7-8-11-9/h10H,5-8H2,1-2H3. The molecular weight excluding hydrogens is 154 g/mol. The topological polar surface area (TPSA) is 12.0 Å². The largest absolute Gasteiger partial charge is 0.302 e. The van der Waals surface area contributed by atoms with Crippen LogP contribution in [0.2, 0.25) is 0 Å². The minimum Gasteiger partial charge on any atom is -0.302 e. The molecule has 62 valence electrons. The highest BCUT2D eigenvalue weighted by molar-refractivity contribution is 8.00. The maximum absolute atomic E-state index is 3.49. The molecule has 0 aromatic carbocycles. The Bertz CT molecular complexity index is 172. The molecule has 1 aliphatic heterocycles. The van der Waals surface area contributed by atoms with Crippen LogP contribution in [0.1, 0.15) is 26.7 Å². The first-order chi connectivity index (χ1) is 5.27. The van der Waals surface area contributed by atoms with Crippen molar-refractivity contribution in [1.29, 1.82) is 0 Å². The highest BCUT2D eigenvalue weighted by Gasteiger charge is 2.27. The monoisotopic (exact) mass is 169 g/mol. The normalized spacial score (nSPS) is 29.6. The summed E-state index contributed by atoms with van der Waals surface area (Å²) in [5.74, 6) is 7.26. The Labute approximate surface area is 73.3 Å². The molecule has 1 N–H and O–H groups in total. The van der Waals surface area contributed by atoms with Crippen molar-refractivity contribution in [2.75, 3.05) is 12.3 Å². The fourth-order valence-electron chi connectivity index (χ4n) is 1.23. The summed E-state index contributed by atoms with van der Waals surface area (Å²) in [6.07, 6.45) is 2.19. The first-order valence-electron chi connectivity index (χ1n) is 4.05. The van der Waals surface area contributed by atoms with E-state index in [4.69, 9.17) is 0 Å². The van der Waals surface area contributed by atoms with Crippen molar-refractivity contribution in [3.8, 4) is 11.8 Å². The Kier molecular flexibility index (Phi) is 3.29. The van der Waals surface area contributed by atoms with E-state index in [0.29, 0.717) is 4.87 Å². The summed E-state index contributed by atoms with van der Waals surface area (Å²) in [7, 11) is 0. The third-order valence-electron chi connectivity index (χ3n) is 1.93. The molecule has 2 heteroatoms. The van der Waals surface area contributed by atoms with Gasteiger partial charge in [0.25, 0.3) is 0 Å². The molecule has 0 radical (unpaired) electrons. The van der Waals surface area contributed by atoms with E-state index in [1.54, 1.807) is 0 Å². The molecule has 0 amide bonds. The molecule has 1 saturated heterocycles. The van der Waals surface area contributed by atoms with Gasteiger partial charge in [0.05, 0.1) is 4.87 Å². The average Bonchev–Trinajstić information content (AvgIpc) is 2.38. The van der Waals surface area contributed by atoms with Gasteiger partial charge in [0.1, 0.15) is 0 Å². The van der Waals surface area contributed by atoms with Crippen LogP contribution < -0.4 is 5.32 Å². The number of thioether (sulfide) groups is 1. The van der Waals surface area contributed by atoms with E-state index in [1.165, 1.54) is 12.2 Å². The molecule has 0 aromatic rings. The molecule has 1 heterocycles. The Morgan fingerprint density at radius 3 is 3.00 bits per heavy atom. The fourth-order valence-corrected chi connectivity index (χ4v) is 2.33. The third-order valence-corrected chi connectivity index (χ3v) is 3.32. The zero-order chi connectivity index (χ0) is 8.16. The van der Waals surface area contributed by atoms with Crippen molar-refractivity contribution in [3.63, 3.8) is 0 Å². The van der Waals surface area contributed by atoms with Gasteiger partial charge in [-0.15, -0.1) is 23.6 Å². The quantitative estimate of drug-likeness (QED) is 0.633. The van der Waals surface area contributed by atoms with Crippen molar-refractivity contribution < 1.29 is 0 Å². The number of rotatable bonds is 2. The van der Waals surface area contributed by atoms with Crippen LogP contribution in [0.5, 0.6) is 0 Å². The van der Waals surface area contributed by atoms with Gasteiger partial charge in [-0.05, 0) is 20.3 Å². The van der Waals surface area contributed by atoms with Crippen molar-refractivity contribution in [2.24, 2.45) is 0 Å². The molecule has 0 bridgehead atoms. The molecule has 1 rings (SSSR count). The van der Waals surface area contributed by atoms with Crippen molar-refractivity contribution in [1.82, 2.24) is 5.32 Å². The lowest BCUT2D eigenvalue weighted by molar-refractivity contribution is 0.514. The summed E-state index contributed by atoms with van der Waals surface area (Å²) in [5.41, 5.74) is 0. The molecule has 11 heavy (non-hydrogen) atoms. The van der Waals surface area contributed by atoms with Crippen LogP contribution in [0.4, 0.5) is 0 Å². The Morgan fingerprint density at radius 1 is 1.64 bits per heavy atom. The maximum Gasteiger partial charge on any atom is 0.0626 e. The van der Waals surface area contributed by atoms with Crippen LogP contribution in [0.25, 0.3) is 0 Å². The number of nitrogens with one attached hydrogen (secondary N) is 1. The summed E-state index contributed by atoms with van der Waals surface area (Å²) in [4.78, 5) is 0.309. The second kappa shape index (κ2) is 4.04. The van der Waals surface area contributed by atoms with E-state index in [9.17, 15) is 0 Å². The molecule has 1 aliphatic rings. The van der Waals surface area contributed by atoms with Gasteiger partial charge in [0, 0.05) is 18.7 Å². The van der Waals surface area contributed by atoms with E-state index in [0.717, 1.165) is 13.0 Å². The summed E-state index contributed by atoms with van der Waals surface area (Å²) in [6, 6.07) is 0. The number of hydrogen-bond acceptors (Lipinski definition) is 2. The van der Waals surface area contributed by atoms with Gasteiger partial charge in [0.15, 0.2) is 0 Å². The molecule has 0 spiro atoms. The van der Waals surface area contributed by atoms with Gasteiger partial charge < -0.3 is 5.32 Å². The molecule has 1 fully saturated rings. The number of hydrogen-bond donors (Lipinski definition) is 1. The Morgan fingerprint density at radius 2 is 2.45 bits per heavy atom. The second-order valence-electron chi connectivity index (χ2n) is 2.93. The lowest BCUT2D eigenvalue weighted by Gasteiger charge is -2.21. The predicted molar refractivity (Wildman–Crippen MR) is 51.5 cm³/mol. The van der Waals surface area contributed by atoms with Crippen LogP contribution >= 0.6 is 11.8 Å². The average molecular weight is 169 g/mol. The van der Waals surface area contributed by atoms with Crippen molar-refractivity contribution >= 4 is 11.8 Å². The van der Waals surface area contributed by atoms with Crippen molar-refractivity contribution in [3.05, 3.63) is 0 Å². The molecular formula is C9H15NS. The summed E-state index contributed by atoms with van der Waals surface area (Å²) in [6.45, 7) is 5.32. The first kappa shape index (κ1) is 8.96. The van der Waals surface area contributed by atoms with Crippen LogP contribution in [-0.2, 0) is 0 Å². The molecule has 0 aliphatic carbocycles. The SMILES string of the molecule is CC#CCCC1(C)NCCS1. The minimum atomic E-state index is 0.309. The van der Waals surface area contributed by atoms with Gasteiger partial charge >= 0.3 is 0 Å². The fraction of sp³-hybridized carbons (Fsp3) is 0.778. The van der Waals surface area contributed by atoms with Crippen LogP contribution in [-0.4, -0.2) is 17.2 Å².